The number of hydrogen-bond acceptors (Lipinski definition) is 2. The Labute approximate surface area is 100 Å². The highest BCUT2D eigenvalue weighted by molar-refractivity contribution is 4.90. The van der Waals surface area contributed by atoms with Gasteiger partial charge in [-0.3, -0.25) is 0 Å². The Kier molecular flexibility index (Phi) is 3.60. The van der Waals surface area contributed by atoms with Crippen molar-refractivity contribution in [3.05, 3.63) is 0 Å². The third-order valence-electron chi connectivity index (χ3n) is 4.64. The Morgan fingerprint density at radius 2 is 2.06 bits per heavy atom. The van der Waals surface area contributed by atoms with Gasteiger partial charge in [-0.05, 0) is 43.1 Å². The standard InChI is InChI=1S/C14H27NO/c1-11-6-8-15(9-11)10-12-5-4-7-14(2,3)13(12)16/h11-13,16H,4-10H2,1-3H3. The molecule has 1 aliphatic carbocycles. The Morgan fingerprint density at radius 3 is 2.69 bits per heavy atom. The summed E-state index contributed by atoms with van der Waals surface area (Å²) in [5.74, 6) is 1.36. The van der Waals surface area contributed by atoms with Crippen LogP contribution < -0.4 is 0 Å². The Bertz CT molecular complexity index is 239. The quantitative estimate of drug-likeness (QED) is 0.780. The number of likely N-dealkylation sites (tertiary alicyclic amines) is 1. The molecular weight excluding hydrogens is 198 g/mol. The van der Waals surface area contributed by atoms with Gasteiger partial charge in [0.2, 0.25) is 0 Å². The first-order chi connectivity index (χ1) is 7.49. The molecule has 16 heavy (non-hydrogen) atoms. The SMILES string of the molecule is CC1CCN(CC2CCCC(C)(C)C2O)C1. The first kappa shape index (κ1) is 12.4. The zero-order chi connectivity index (χ0) is 11.8. The third-order valence-corrected chi connectivity index (χ3v) is 4.64. The predicted molar refractivity (Wildman–Crippen MR) is 67.3 cm³/mol. The topological polar surface area (TPSA) is 23.5 Å². The average Bonchev–Trinajstić information content (AvgIpc) is 2.59. The van der Waals surface area contributed by atoms with Crippen LogP contribution in [0.4, 0.5) is 0 Å². The van der Waals surface area contributed by atoms with Gasteiger partial charge in [-0.2, -0.15) is 0 Å². The Morgan fingerprint density at radius 1 is 1.31 bits per heavy atom. The molecule has 0 bridgehead atoms. The van der Waals surface area contributed by atoms with E-state index in [1.54, 1.807) is 0 Å². The number of aliphatic hydroxyl groups is 1. The van der Waals surface area contributed by atoms with Crippen LogP contribution in [0.15, 0.2) is 0 Å². The van der Waals surface area contributed by atoms with E-state index in [-0.39, 0.29) is 11.5 Å². The van der Waals surface area contributed by atoms with E-state index in [0.29, 0.717) is 5.92 Å². The number of nitrogens with zero attached hydrogens (tertiary/aromatic N) is 1. The van der Waals surface area contributed by atoms with Crippen molar-refractivity contribution in [1.29, 1.82) is 0 Å². The zero-order valence-corrected chi connectivity index (χ0v) is 11.1. The highest BCUT2D eigenvalue weighted by Gasteiger charge is 2.38. The van der Waals surface area contributed by atoms with Gasteiger partial charge in [0.05, 0.1) is 6.10 Å². The summed E-state index contributed by atoms with van der Waals surface area (Å²) >= 11 is 0. The summed E-state index contributed by atoms with van der Waals surface area (Å²) in [5, 5.41) is 10.4. The first-order valence-electron chi connectivity index (χ1n) is 6.89. The molecule has 3 unspecified atom stereocenters. The molecule has 94 valence electrons. The van der Waals surface area contributed by atoms with E-state index in [4.69, 9.17) is 0 Å². The molecule has 3 atom stereocenters. The van der Waals surface area contributed by atoms with E-state index in [9.17, 15) is 5.11 Å². The van der Waals surface area contributed by atoms with E-state index in [0.717, 1.165) is 12.5 Å². The smallest absolute Gasteiger partial charge is 0.0631 e. The second-order valence-electron chi connectivity index (χ2n) is 6.74. The highest BCUT2D eigenvalue weighted by Crippen LogP contribution is 2.39. The van der Waals surface area contributed by atoms with Crippen molar-refractivity contribution in [3.63, 3.8) is 0 Å². The van der Waals surface area contributed by atoms with Crippen LogP contribution in [0, 0.1) is 17.3 Å². The van der Waals surface area contributed by atoms with Gasteiger partial charge in [0.25, 0.3) is 0 Å². The van der Waals surface area contributed by atoms with Crippen LogP contribution in [0.2, 0.25) is 0 Å². The normalized spacial score (nSPS) is 40.1. The van der Waals surface area contributed by atoms with Gasteiger partial charge in [-0.1, -0.05) is 27.2 Å². The van der Waals surface area contributed by atoms with E-state index < -0.39 is 0 Å². The average molecular weight is 225 g/mol. The molecule has 2 heteroatoms. The van der Waals surface area contributed by atoms with Gasteiger partial charge in [-0.15, -0.1) is 0 Å². The maximum Gasteiger partial charge on any atom is 0.0631 e. The minimum atomic E-state index is -0.0999. The van der Waals surface area contributed by atoms with Crippen molar-refractivity contribution in [2.45, 2.75) is 52.6 Å². The Balaban J connectivity index is 1.89. The number of rotatable bonds is 2. The zero-order valence-electron chi connectivity index (χ0n) is 11.1. The van der Waals surface area contributed by atoms with Crippen molar-refractivity contribution in [2.75, 3.05) is 19.6 Å². The molecule has 1 heterocycles. The number of hydrogen-bond donors (Lipinski definition) is 1. The molecule has 0 radical (unpaired) electrons. The molecule has 2 rings (SSSR count). The minimum Gasteiger partial charge on any atom is -0.392 e. The van der Waals surface area contributed by atoms with Crippen molar-refractivity contribution >= 4 is 0 Å². The van der Waals surface area contributed by atoms with Crippen LogP contribution in [0.3, 0.4) is 0 Å². The van der Waals surface area contributed by atoms with Crippen LogP contribution in [0.1, 0.15) is 46.5 Å². The summed E-state index contributed by atoms with van der Waals surface area (Å²) in [5.41, 5.74) is 0.133. The molecule has 0 aromatic rings. The third kappa shape index (κ3) is 2.60. The fourth-order valence-corrected chi connectivity index (χ4v) is 3.48. The van der Waals surface area contributed by atoms with Crippen molar-refractivity contribution in [3.8, 4) is 0 Å². The summed E-state index contributed by atoms with van der Waals surface area (Å²) in [6.07, 6.45) is 4.93. The molecule has 1 saturated heterocycles. The lowest BCUT2D eigenvalue weighted by molar-refractivity contribution is -0.0413. The molecule has 0 aromatic carbocycles. The largest absolute Gasteiger partial charge is 0.392 e. The van der Waals surface area contributed by atoms with Crippen molar-refractivity contribution in [1.82, 2.24) is 4.90 Å². The van der Waals surface area contributed by atoms with Crippen molar-refractivity contribution < 1.29 is 5.11 Å². The van der Waals surface area contributed by atoms with Crippen LogP contribution in [0.5, 0.6) is 0 Å². The second kappa shape index (κ2) is 4.66. The fourth-order valence-electron chi connectivity index (χ4n) is 3.48. The lowest BCUT2D eigenvalue weighted by Gasteiger charge is -2.42. The summed E-state index contributed by atoms with van der Waals surface area (Å²) < 4.78 is 0. The van der Waals surface area contributed by atoms with Gasteiger partial charge in [0.15, 0.2) is 0 Å². The number of aliphatic hydroxyl groups excluding tert-OH is 1. The molecule has 0 spiro atoms. The van der Waals surface area contributed by atoms with Gasteiger partial charge >= 0.3 is 0 Å². The van der Waals surface area contributed by atoms with Crippen LogP contribution >= 0.6 is 0 Å². The molecule has 0 aromatic heterocycles. The van der Waals surface area contributed by atoms with E-state index in [2.05, 4.69) is 25.7 Å². The van der Waals surface area contributed by atoms with Gasteiger partial charge in [-0.25, -0.2) is 0 Å². The summed E-state index contributed by atoms with van der Waals surface area (Å²) in [4.78, 5) is 2.56. The van der Waals surface area contributed by atoms with Crippen LogP contribution in [-0.4, -0.2) is 35.7 Å². The van der Waals surface area contributed by atoms with Gasteiger partial charge < -0.3 is 10.0 Å². The van der Waals surface area contributed by atoms with E-state index in [1.165, 1.54) is 38.8 Å². The molecule has 1 N–H and O–H groups in total. The molecular formula is C14H27NO. The lowest BCUT2D eigenvalue weighted by Crippen LogP contribution is -2.44. The molecule has 1 aliphatic heterocycles. The Hall–Kier alpha value is -0.0800. The summed E-state index contributed by atoms with van der Waals surface area (Å²) in [7, 11) is 0. The summed E-state index contributed by atoms with van der Waals surface area (Å²) in [6, 6.07) is 0. The van der Waals surface area contributed by atoms with E-state index in [1.807, 2.05) is 0 Å². The minimum absolute atomic E-state index is 0.0999. The molecule has 0 amide bonds. The molecule has 2 nitrogen and oxygen atoms in total. The predicted octanol–water partition coefficient (Wildman–Crippen LogP) is 2.52. The molecule has 2 aliphatic rings. The summed E-state index contributed by atoms with van der Waals surface area (Å²) in [6.45, 7) is 10.4. The van der Waals surface area contributed by atoms with Crippen molar-refractivity contribution in [2.24, 2.45) is 17.3 Å². The fraction of sp³-hybridized carbons (Fsp3) is 1.00. The van der Waals surface area contributed by atoms with Crippen LogP contribution in [-0.2, 0) is 0 Å². The highest BCUT2D eigenvalue weighted by atomic mass is 16.3. The van der Waals surface area contributed by atoms with Crippen LogP contribution in [0.25, 0.3) is 0 Å². The van der Waals surface area contributed by atoms with Gasteiger partial charge in [0.1, 0.15) is 0 Å². The second-order valence-corrected chi connectivity index (χ2v) is 6.74. The lowest BCUT2D eigenvalue weighted by atomic mass is 9.69. The maximum atomic E-state index is 10.4. The monoisotopic (exact) mass is 225 g/mol. The first-order valence-corrected chi connectivity index (χ1v) is 6.89. The maximum absolute atomic E-state index is 10.4. The molecule has 1 saturated carbocycles. The van der Waals surface area contributed by atoms with E-state index >= 15 is 0 Å². The van der Waals surface area contributed by atoms with Gasteiger partial charge in [0, 0.05) is 13.1 Å². The molecule has 2 fully saturated rings.